The van der Waals surface area contributed by atoms with Crippen LogP contribution in [-0.4, -0.2) is 15.0 Å². The van der Waals surface area contributed by atoms with Gasteiger partial charge in [-0.1, -0.05) is 97.1 Å². The Bertz CT molecular complexity index is 2870. The molecular formula is C45H27N3O2. The molecule has 5 heteroatoms. The van der Waals surface area contributed by atoms with Gasteiger partial charge < -0.3 is 8.83 Å². The molecule has 234 valence electrons. The van der Waals surface area contributed by atoms with E-state index in [1.807, 2.05) is 79.1 Å². The minimum atomic E-state index is 0.630. The van der Waals surface area contributed by atoms with Crippen LogP contribution in [0.15, 0.2) is 173 Å². The van der Waals surface area contributed by atoms with Crippen LogP contribution in [-0.2, 0) is 0 Å². The summed E-state index contributed by atoms with van der Waals surface area (Å²) in [6.45, 7) is 0. The molecule has 0 aliphatic carbocycles. The Kier molecular flexibility index (Phi) is 6.42. The van der Waals surface area contributed by atoms with Crippen LogP contribution in [0.1, 0.15) is 0 Å². The molecule has 0 saturated heterocycles. The molecular weight excluding hydrogens is 615 g/mol. The second kappa shape index (κ2) is 11.4. The molecule has 0 N–H and O–H groups in total. The third-order valence-corrected chi connectivity index (χ3v) is 9.44. The van der Waals surface area contributed by atoms with E-state index in [2.05, 4.69) is 89.9 Å². The van der Waals surface area contributed by atoms with E-state index in [1.165, 1.54) is 0 Å². The second-order valence-electron chi connectivity index (χ2n) is 12.4. The molecule has 0 unspecified atom stereocenters. The Balaban J connectivity index is 1.23. The van der Waals surface area contributed by atoms with Gasteiger partial charge in [-0.3, -0.25) is 4.98 Å². The Hall–Kier alpha value is -6.85. The summed E-state index contributed by atoms with van der Waals surface area (Å²) in [5, 5.41) is 4.16. The summed E-state index contributed by atoms with van der Waals surface area (Å²) in [6, 6.07) is 51.8. The van der Waals surface area contributed by atoms with E-state index >= 15 is 0 Å². The molecule has 6 aromatic carbocycles. The van der Waals surface area contributed by atoms with E-state index in [1.54, 1.807) is 0 Å². The molecule has 10 aromatic rings. The number of pyridine rings is 1. The largest absolute Gasteiger partial charge is 0.456 e. The molecule has 50 heavy (non-hydrogen) atoms. The van der Waals surface area contributed by atoms with E-state index in [9.17, 15) is 0 Å². The summed E-state index contributed by atoms with van der Waals surface area (Å²) in [5.41, 5.74) is 12.2. The SMILES string of the molecule is c1ccc(-c2cc(-c3ccccc3-c3ccncc3)nc(-c3ccc(-c4ccc5oc6ccccc6c5c4)c4oc5ccccc5c34)n2)cc1. The third-order valence-electron chi connectivity index (χ3n) is 9.44. The van der Waals surface area contributed by atoms with Crippen LogP contribution in [0, 0.1) is 0 Å². The van der Waals surface area contributed by atoms with Gasteiger partial charge >= 0.3 is 0 Å². The highest BCUT2D eigenvalue weighted by atomic mass is 16.3. The fourth-order valence-corrected chi connectivity index (χ4v) is 7.09. The number of fused-ring (bicyclic) bond motifs is 6. The highest BCUT2D eigenvalue weighted by Crippen LogP contribution is 2.43. The van der Waals surface area contributed by atoms with Crippen LogP contribution in [0.25, 0.3) is 100 Å². The van der Waals surface area contributed by atoms with E-state index in [0.717, 1.165) is 94.2 Å². The zero-order chi connectivity index (χ0) is 33.0. The maximum Gasteiger partial charge on any atom is 0.161 e. The van der Waals surface area contributed by atoms with Gasteiger partial charge in [-0.25, -0.2) is 9.97 Å². The van der Waals surface area contributed by atoms with Crippen molar-refractivity contribution in [1.29, 1.82) is 0 Å². The lowest BCUT2D eigenvalue weighted by Crippen LogP contribution is -1.97. The first-order valence-corrected chi connectivity index (χ1v) is 16.6. The number of aromatic nitrogens is 3. The normalized spacial score (nSPS) is 11.6. The van der Waals surface area contributed by atoms with Gasteiger partial charge in [0.25, 0.3) is 0 Å². The van der Waals surface area contributed by atoms with Gasteiger partial charge in [-0.15, -0.1) is 0 Å². The standard InChI is InChI=1S/C45H27N3O2/c1-2-10-29(11-3-1)38-27-39(33-13-5-4-12-31(33)28-22-24-46-25-23-28)48-45(47-38)36-20-19-32(44-43(36)35-15-7-9-17-41(35)50-44)30-18-21-42-37(26-30)34-14-6-8-16-40(34)49-42/h1-27H. The summed E-state index contributed by atoms with van der Waals surface area (Å²) in [5.74, 6) is 0.630. The number of hydrogen-bond donors (Lipinski definition) is 0. The first-order chi connectivity index (χ1) is 24.8. The highest BCUT2D eigenvalue weighted by molar-refractivity contribution is 6.16. The monoisotopic (exact) mass is 641 g/mol. The van der Waals surface area contributed by atoms with Crippen molar-refractivity contribution in [3.63, 3.8) is 0 Å². The Morgan fingerprint density at radius 2 is 1.04 bits per heavy atom. The average Bonchev–Trinajstić information content (AvgIpc) is 3.77. The van der Waals surface area contributed by atoms with Crippen molar-refractivity contribution in [2.75, 3.05) is 0 Å². The van der Waals surface area contributed by atoms with Crippen LogP contribution in [0.2, 0.25) is 0 Å². The summed E-state index contributed by atoms with van der Waals surface area (Å²) in [6.07, 6.45) is 3.64. The van der Waals surface area contributed by atoms with Gasteiger partial charge in [0.15, 0.2) is 5.82 Å². The van der Waals surface area contributed by atoms with E-state index in [0.29, 0.717) is 5.82 Å². The fourth-order valence-electron chi connectivity index (χ4n) is 7.09. The first-order valence-electron chi connectivity index (χ1n) is 16.6. The maximum atomic E-state index is 6.70. The van der Waals surface area contributed by atoms with Crippen LogP contribution in [0.5, 0.6) is 0 Å². The Morgan fingerprint density at radius 1 is 0.380 bits per heavy atom. The van der Waals surface area contributed by atoms with Crippen LogP contribution < -0.4 is 0 Å². The molecule has 0 fully saturated rings. The van der Waals surface area contributed by atoms with Crippen molar-refractivity contribution >= 4 is 43.9 Å². The zero-order valence-corrected chi connectivity index (χ0v) is 26.7. The molecule has 0 aliphatic heterocycles. The number of nitrogens with zero attached hydrogens (tertiary/aromatic N) is 3. The van der Waals surface area contributed by atoms with E-state index in [-0.39, 0.29) is 0 Å². The summed E-state index contributed by atoms with van der Waals surface area (Å²) in [4.78, 5) is 14.8. The number of furan rings is 2. The molecule has 0 spiro atoms. The number of hydrogen-bond acceptors (Lipinski definition) is 5. The summed E-state index contributed by atoms with van der Waals surface area (Å²) in [7, 11) is 0. The number of para-hydroxylation sites is 2. The van der Waals surface area contributed by atoms with Gasteiger partial charge in [-0.2, -0.15) is 0 Å². The molecule has 0 aliphatic rings. The first kappa shape index (κ1) is 28.2. The topological polar surface area (TPSA) is 65.0 Å². The number of benzene rings is 6. The predicted octanol–water partition coefficient (Wildman–Crippen LogP) is 12.0. The van der Waals surface area contributed by atoms with Gasteiger partial charge in [0.05, 0.1) is 11.4 Å². The third kappa shape index (κ3) is 4.60. The van der Waals surface area contributed by atoms with Gasteiger partial charge in [-0.05, 0) is 71.3 Å². The molecule has 0 bridgehead atoms. The lowest BCUT2D eigenvalue weighted by atomic mass is 9.95. The van der Waals surface area contributed by atoms with Crippen molar-refractivity contribution in [1.82, 2.24) is 15.0 Å². The highest BCUT2D eigenvalue weighted by Gasteiger charge is 2.21. The minimum absolute atomic E-state index is 0.630. The van der Waals surface area contributed by atoms with Crippen molar-refractivity contribution in [2.45, 2.75) is 0 Å². The van der Waals surface area contributed by atoms with Crippen molar-refractivity contribution in [3.05, 3.63) is 164 Å². The predicted molar refractivity (Wildman–Crippen MR) is 202 cm³/mol. The maximum absolute atomic E-state index is 6.70. The van der Waals surface area contributed by atoms with Crippen molar-refractivity contribution in [3.8, 4) is 56.2 Å². The van der Waals surface area contributed by atoms with Gasteiger partial charge in [0, 0.05) is 56.2 Å². The Labute approximate surface area is 287 Å². The molecule has 4 aromatic heterocycles. The molecule has 0 atom stereocenters. The summed E-state index contributed by atoms with van der Waals surface area (Å²) < 4.78 is 12.8. The molecule has 5 nitrogen and oxygen atoms in total. The second-order valence-corrected chi connectivity index (χ2v) is 12.4. The van der Waals surface area contributed by atoms with Crippen molar-refractivity contribution in [2.24, 2.45) is 0 Å². The molecule has 0 radical (unpaired) electrons. The number of rotatable bonds is 5. The van der Waals surface area contributed by atoms with Crippen molar-refractivity contribution < 1.29 is 8.83 Å². The quantitative estimate of drug-likeness (QED) is 0.187. The minimum Gasteiger partial charge on any atom is -0.456 e. The Morgan fingerprint density at radius 3 is 1.88 bits per heavy atom. The molecule has 4 heterocycles. The van der Waals surface area contributed by atoms with Crippen LogP contribution >= 0.6 is 0 Å². The molecule has 0 saturated carbocycles. The van der Waals surface area contributed by atoms with Crippen LogP contribution in [0.3, 0.4) is 0 Å². The molecule has 10 rings (SSSR count). The van der Waals surface area contributed by atoms with E-state index in [4.69, 9.17) is 18.8 Å². The summed E-state index contributed by atoms with van der Waals surface area (Å²) >= 11 is 0. The molecule has 0 amide bonds. The zero-order valence-electron chi connectivity index (χ0n) is 26.7. The smallest absolute Gasteiger partial charge is 0.161 e. The van der Waals surface area contributed by atoms with Gasteiger partial charge in [0.1, 0.15) is 22.3 Å². The van der Waals surface area contributed by atoms with Gasteiger partial charge in [0.2, 0.25) is 0 Å². The lowest BCUT2D eigenvalue weighted by molar-refractivity contribution is 0.668. The van der Waals surface area contributed by atoms with Crippen LogP contribution in [0.4, 0.5) is 0 Å². The lowest BCUT2D eigenvalue weighted by Gasteiger charge is -2.14. The fraction of sp³-hybridized carbons (Fsp3) is 0. The van der Waals surface area contributed by atoms with E-state index < -0.39 is 0 Å². The average molecular weight is 642 g/mol.